The summed E-state index contributed by atoms with van der Waals surface area (Å²) in [6, 6.07) is 30.5. The number of nitrogens with zero attached hydrogens (tertiary/aromatic N) is 2. The first-order chi connectivity index (χ1) is 25.6. The van der Waals surface area contributed by atoms with Gasteiger partial charge >= 0.3 is 14.3 Å². The van der Waals surface area contributed by atoms with Crippen molar-refractivity contribution in [2.75, 3.05) is 27.9 Å². The van der Waals surface area contributed by atoms with E-state index >= 15 is 0 Å². The number of nitro benzene ring substituents is 1. The number of aromatic nitrogens is 2. The number of ether oxygens (including phenoxy) is 4. The van der Waals surface area contributed by atoms with E-state index in [1.165, 1.54) is 42.1 Å². The Labute approximate surface area is 305 Å². The number of methoxy groups -OCH3 is 2. The van der Waals surface area contributed by atoms with E-state index in [9.17, 15) is 19.7 Å². The number of aryl methyl sites for hydroxylation is 1. The van der Waals surface area contributed by atoms with Gasteiger partial charge in [-0.3, -0.25) is 29.0 Å². The zero-order chi connectivity index (χ0) is 37.5. The van der Waals surface area contributed by atoms with Crippen LogP contribution in [-0.2, 0) is 24.1 Å². The number of non-ortho nitro benzene ring substituents is 1. The molecule has 5 aromatic rings. The number of nitro groups is 1. The van der Waals surface area contributed by atoms with Crippen LogP contribution in [0, 0.1) is 17.0 Å². The predicted molar refractivity (Wildman–Crippen MR) is 195 cm³/mol. The molecule has 1 aliphatic heterocycles. The Balaban J connectivity index is 1.38. The van der Waals surface area contributed by atoms with Crippen molar-refractivity contribution in [3.63, 3.8) is 0 Å². The second kappa shape index (κ2) is 16.5. The third kappa shape index (κ3) is 8.17. The minimum Gasteiger partial charge on any atom is -0.497 e. The minimum atomic E-state index is -2.06. The Morgan fingerprint density at radius 2 is 1.42 bits per heavy atom. The van der Waals surface area contributed by atoms with Crippen molar-refractivity contribution in [3.8, 4) is 17.2 Å². The number of hydrogen-bond donors (Lipinski definition) is 1. The Bertz CT molecular complexity index is 2060. The quantitative estimate of drug-likeness (QED) is 0.0546. The van der Waals surface area contributed by atoms with Crippen molar-refractivity contribution in [2.24, 2.45) is 0 Å². The number of nitrogens with one attached hydrogen (secondary N) is 1. The van der Waals surface area contributed by atoms with E-state index in [2.05, 4.69) is 4.98 Å². The van der Waals surface area contributed by atoms with Crippen LogP contribution >= 0.6 is 8.60 Å². The zero-order valence-electron chi connectivity index (χ0n) is 29.4. The highest BCUT2D eigenvalue weighted by Gasteiger charge is 2.44. The summed E-state index contributed by atoms with van der Waals surface area (Å²) in [5.41, 5.74) is 0.341. The van der Waals surface area contributed by atoms with Crippen LogP contribution in [-0.4, -0.2) is 54.6 Å². The second-order valence-electron chi connectivity index (χ2n) is 12.1. The molecule has 0 amide bonds. The van der Waals surface area contributed by atoms with E-state index in [0.717, 1.165) is 16.7 Å². The average Bonchev–Trinajstić information content (AvgIpc) is 3.59. The summed E-state index contributed by atoms with van der Waals surface area (Å²) >= 11 is 0. The maximum Gasteiger partial charge on any atom is 0.397 e. The average molecular weight is 744 g/mol. The number of rotatable bonds is 15. The van der Waals surface area contributed by atoms with Crippen LogP contribution in [0.5, 0.6) is 17.2 Å². The first-order valence-electron chi connectivity index (χ1n) is 16.5. The standard InChI is InChI=1S/C38H38N3O11P/c1-25-23-40(37(43)39-36(25)42)35-22-33(52-53(48-4)51-32-20-14-29(15-21-32)41(44)45)34(50-35)24-49-38(26-8-6-5-7-9-26,27-10-16-30(46-2)17-11-27)28-12-18-31(47-3)19-13-28/h5-21,23,33-35H,22,24H2,1-4H3,(H,39,42,43)/t33-,34+,35+,53?/m0/s1. The molecule has 1 saturated heterocycles. The van der Waals surface area contributed by atoms with E-state index in [1.54, 1.807) is 21.1 Å². The molecule has 53 heavy (non-hydrogen) atoms. The number of H-pyrrole nitrogens is 1. The summed E-state index contributed by atoms with van der Waals surface area (Å²) in [4.78, 5) is 38.2. The number of hydrogen-bond acceptors (Lipinski definition) is 11. The Morgan fingerprint density at radius 1 is 0.849 bits per heavy atom. The molecule has 2 heterocycles. The normalized spacial score (nSPS) is 17.6. The van der Waals surface area contributed by atoms with E-state index in [1.807, 2.05) is 78.9 Å². The predicted octanol–water partition coefficient (Wildman–Crippen LogP) is 6.40. The van der Waals surface area contributed by atoms with Crippen molar-refractivity contribution < 1.29 is 37.4 Å². The summed E-state index contributed by atoms with van der Waals surface area (Å²) in [6.07, 6.45) is -0.781. The Morgan fingerprint density at radius 3 is 1.96 bits per heavy atom. The van der Waals surface area contributed by atoms with Gasteiger partial charge in [0, 0.05) is 37.4 Å². The van der Waals surface area contributed by atoms with Crippen molar-refractivity contribution in [2.45, 2.75) is 37.4 Å². The largest absolute Gasteiger partial charge is 0.497 e. The summed E-state index contributed by atoms with van der Waals surface area (Å²) in [5, 5.41) is 11.2. The fourth-order valence-electron chi connectivity index (χ4n) is 6.14. The van der Waals surface area contributed by atoms with Gasteiger partial charge in [0.15, 0.2) is 0 Å². The molecule has 6 rings (SSSR count). The number of aromatic amines is 1. The van der Waals surface area contributed by atoms with Gasteiger partial charge in [0.25, 0.3) is 11.2 Å². The maximum absolute atomic E-state index is 13.0. The summed E-state index contributed by atoms with van der Waals surface area (Å²) in [5.74, 6) is 1.63. The van der Waals surface area contributed by atoms with Crippen LogP contribution in [0.2, 0.25) is 0 Å². The van der Waals surface area contributed by atoms with Crippen LogP contribution in [0.4, 0.5) is 5.69 Å². The SMILES string of the molecule is COc1ccc(C(OC[C@H]2O[C@@H](n3cc(C)c(=O)[nH]c3=O)C[C@@H]2OP(OC)Oc2ccc([N+](=O)[O-])cc2)(c2ccccc2)c2ccc(OC)cc2)cc1. The third-order valence-corrected chi connectivity index (χ3v) is 9.97. The first-order valence-corrected chi connectivity index (χ1v) is 17.6. The van der Waals surface area contributed by atoms with Gasteiger partial charge in [-0.2, -0.15) is 0 Å². The van der Waals surface area contributed by atoms with Gasteiger partial charge in [-0.05, 0) is 60.0 Å². The molecule has 4 atom stereocenters. The Kier molecular flexibility index (Phi) is 11.7. The van der Waals surface area contributed by atoms with Crippen LogP contribution in [0.25, 0.3) is 0 Å². The molecular formula is C38H38N3O11P. The van der Waals surface area contributed by atoms with Crippen molar-refractivity contribution in [1.82, 2.24) is 9.55 Å². The molecule has 0 bridgehead atoms. The van der Waals surface area contributed by atoms with E-state index < -0.39 is 48.8 Å². The molecule has 1 unspecified atom stereocenters. The van der Waals surface area contributed by atoms with Crippen molar-refractivity contribution in [3.05, 3.63) is 163 Å². The van der Waals surface area contributed by atoms with Gasteiger partial charge in [0.1, 0.15) is 41.3 Å². The molecule has 4 aromatic carbocycles. The van der Waals surface area contributed by atoms with E-state index in [0.29, 0.717) is 22.8 Å². The molecule has 0 radical (unpaired) electrons. The fourth-order valence-corrected chi connectivity index (χ4v) is 7.08. The first kappa shape index (κ1) is 37.4. The van der Waals surface area contributed by atoms with Gasteiger partial charge < -0.3 is 28.0 Å². The van der Waals surface area contributed by atoms with Crippen molar-refractivity contribution >= 4 is 14.3 Å². The molecule has 0 spiro atoms. The van der Waals surface area contributed by atoms with Gasteiger partial charge in [0.2, 0.25) is 0 Å². The van der Waals surface area contributed by atoms with Crippen LogP contribution in [0.3, 0.4) is 0 Å². The highest BCUT2D eigenvalue weighted by Crippen LogP contribution is 2.47. The molecule has 1 N–H and O–H groups in total. The third-order valence-electron chi connectivity index (χ3n) is 8.87. The molecule has 0 saturated carbocycles. The lowest BCUT2D eigenvalue weighted by Gasteiger charge is -2.37. The van der Waals surface area contributed by atoms with Gasteiger partial charge in [-0.1, -0.05) is 54.6 Å². The summed E-state index contributed by atoms with van der Waals surface area (Å²) in [7, 11) is 2.55. The number of benzene rings is 4. The Hall–Kier alpha value is -5.37. The monoisotopic (exact) mass is 743 g/mol. The molecule has 276 valence electrons. The molecule has 1 fully saturated rings. The summed E-state index contributed by atoms with van der Waals surface area (Å²) in [6.45, 7) is 1.55. The van der Waals surface area contributed by atoms with Crippen LogP contribution < -0.4 is 25.2 Å². The van der Waals surface area contributed by atoms with Gasteiger partial charge in [-0.15, -0.1) is 0 Å². The fraction of sp³-hybridized carbons (Fsp3) is 0.263. The van der Waals surface area contributed by atoms with Crippen LogP contribution in [0.1, 0.15) is 34.9 Å². The lowest BCUT2D eigenvalue weighted by Crippen LogP contribution is -2.38. The summed E-state index contributed by atoms with van der Waals surface area (Å²) < 4.78 is 43.8. The lowest BCUT2D eigenvalue weighted by atomic mass is 9.80. The smallest absolute Gasteiger partial charge is 0.397 e. The lowest BCUT2D eigenvalue weighted by molar-refractivity contribution is -0.384. The topological polar surface area (TPSA) is 163 Å². The van der Waals surface area contributed by atoms with E-state index in [-0.39, 0.29) is 18.7 Å². The molecule has 0 aliphatic carbocycles. The van der Waals surface area contributed by atoms with Crippen molar-refractivity contribution in [1.29, 1.82) is 0 Å². The molecule has 1 aliphatic rings. The van der Waals surface area contributed by atoms with Gasteiger partial charge in [-0.25, -0.2) is 4.79 Å². The highest BCUT2D eigenvalue weighted by atomic mass is 31.2. The van der Waals surface area contributed by atoms with Gasteiger partial charge in [0.05, 0.1) is 25.7 Å². The van der Waals surface area contributed by atoms with Crippen LogP contribution in [0.15, 0.2) is 119 Å². The van der Waals surface area contributed by atoms with E-state index in [4.69, 9.17) is 32.5 Å². The molecule has 15 heteroatoms. The highest BCUT2D eigenvalue weighted by molar-refractivity contribution is 7.42. The zero-order valence-corrected chi connectivity index (χ0v) is 30.3. The second-order valence-corrected chi connectivity index (χ2v) is 13.3. The molecule has 1 aromatic heterocycles. The minimum absolute atomic E-state index is 0.0460. The molecular weight excluding hydrogens is 705 g/mol. The maximum atomic E-state index is 13.0. The molecule has 14 nitrogen and oxygen atoms in total.